The van der Waals surface area contributed by atoms with Gasteiger partial charge >= 0.3 is 0 Å². The Balaban J connectivity index is 2.30. The first-order chi connectivity index (χ1) is 5.14. The standard InChI is InChI=1S/C10H16O/c1-7-9(11)6-8-4-3-5-10(7,8)2/h7-8H,3-6H2,1-2H3. The molecular weight excluding hydrogens is 136 g/mol. The molecule has 2 rings (SSSR count). The number of hydrogen-bond donors (Lipinski definition) is 0. The third-order valence-corrected chi connectivity index (χ3v) is 4.12. The fourth-order valence-corrected chi connectivity index (χ4v) is 2.96. The van der Waals surface area contributed by atoms with Crippen molar-refractivity contribution in [2.24, 2.45) is 17.3 Å². The van der Waals surface area contributed by atoms with Crippen molar-refractivity contribution in [2.75, 3.05) is 0 Å². The molecule has 0 saturated heterocycles. The van der Waals surface area contributed by atoms with Crippen molar-refractivity contribution in [2.45, 2.75) is 39.5 Å². The highest BCUT2D eigenvalue weighted by Crippen LogP contribution is 2.55. The highest BCUT2D eigenvalue weighted by molar-refractivity contribution is 5.84. The molecule has 0 bridgehead atoms. The molecule has 2 aliphatic carbocycles. The molecule has 62 valence electrons. The van der Waals surface area contributed by atoms with Crippen molar-refractivity contribution in [3.05, 3.63) is 0 Å². The van der Waals surface area contributed by atoms with Gasteiger partial charge in [0.2, 0.25) is 0 Å². The summed E-state index contributed by atoms with van der Waals surface area (Å²) in [7, 11) is 0. The Morgan fingerprint density at radius 2 is 2.27 bits per heavy atom. The maximum atomic E-state index is 11.4. The molecule has 0 N–H and O–H groups in total. The lowest BCUT2D eigenvalue weighted by molar-refractivity contribution is -0.121. The zero-order valence-electron chi connectivity index (χ0n) is 7.39. The van der Waals surface area contributed by atoms with E-state index in [0.29, 0.717) is 17.1 Å². The van der Waals surface area contributed by atoms with Gasteiger partial charge in [0, 0.05) is 12.3 Å². The van der Waals surface area contributed by atoms with E-state index in [4.69, 9.17) is 0 Å². The Morgan fingerprint density at radius 1 is 1.55 bits per heavy atom. The minimum absolute atomic E-state index is 0.343. The van der Waals surface area contributed by atoms with Crippen molar-refractivity contribution in [3.8, 4) is 0 Å². The summed E-state index contributed by atoms with van der Waals surface area (Å²) >= 11 is 0. The second kappa shape index (κ2) is 2.09. The number of Topliss-reactive ketones (excluding diaryl/α,β-unsaturated/α-hetero) is 1. The fourth-order valence-electron chi connectivity index (χ4n) is 2.96. The van der Waals surface area contributed by atoms with Gasteiger partial charge in [-0.25, -0.2) is 0 Å². The quantitative estimate of drug-likeness (QED) is 0.521. The lowest BCUT2D eigenvalue weighted by Gasteiger charge is -2.27. The monoisotopic (exact) mass is 152 g/mol. The van der Waals surface area contributed by atoms with Gasteiger partial charge in [0.15, 0.2) is 0 Å². The van der Waals surface area contributed by atoms with Gasteiger partial charge < -0.3 is 0 Å². The van der Waals surface area contributed by atoms with E-state index in [-0.39, 0.29) is 0 Å². The number of rotatable bonds is 0. The molecule has 0 heterocycles. The van der Waals surface area contributed by atoms with Crippen LogP contribution in [0, 0.1) is 17.3 Å². The number of hydrogen-bond acceptors (Lipinski definition) is 1. The molecule has 2 aliphatic rings. The summed E-state index contributed by atoms with van der Waals surface area (Å²) in [6.45, 7) is 4.42. The molecule has 2 fully saturated rings. The van der Waals surface area contributed by atoms with E-state index in [2.05, 4.69) is 13.8 Å². The van der Waals surface area contributed by atoms with Gasteiger partial charge in [-0.3, -0.25) is 4.79 Å². The molecule has 0 radical (unpaired) electrons. The van der Waals surface area contributed by atoms with Crippen LogP contribution in [-0.4, -0.2) is 5.78 Å². The SMILES string of the molecule is CC1C(=O)CC2CCCC21C. The molecule has 11 heavy (non-hydrogen) atoms. The van der Waals surface area contributed by atoms with Crippen LogP contribution in [0.25, 0.3) is 0 Å². The van der Waals surface area contributed by atoms with Gasteiger partial charge in [-0.05, 0) is 24.2 Å². The van der Waals surface area contributed by atoms with Crippen LogP contribution in [0.1, 0.15) is 39.5 Å². The van der Waals surface area contributed by atoms with Crippen LogP contribution < -0.4 is 0 Å². The first-order valence-electron chi connectivity index (χ1n) is 4.67. The van der Waals surface area contributed by atoms with Crippen LogP contribution in [0.4, 0.5) is 0 Å². The van der Waals surface area contributed by atoms with Gasteiger partial charge in [-0.2, -0.15) is 0 Å². The molecule has 0 aromatic rings. The summed E-state index contributed by atoms with van der Waals surface area (Å²) in [5.41, 5.74) is 0.386. The first-order valence-corrected chi connectivity index (χ1v) is 4.67. The summed E-state index contributed by atoms with van der Waals surface area (Å²) in [4.78, 5) is 11.4. The van der Waals surface area contributed by atoms with Crippen LogP contribution in [0.5, 0.6) is 0 Å². The van der Waals surface area contributed by atoms with Gasteiger partial charge in [0.25, 0.3) is 0 Å². The van der Waals surface area contributed by atoms with E-state index >= 15 is 0 Å². The summed E-state index contributed by atoms with van der Waals surface area (Å²) in [6.07, 6.45) is 4.80. The van der Waals surface area contributed by atoms with Crippen LogP contribution in [0.15, 0.2) is 0 Å². The molecule has 0 amide bonds. The predicted octanol–water partition coefficient (Wildman–Crippen LogP) is 2.40. The normalized spacial score (nSPS) is 49.8. The average molecular weight is 152 g/mol. The van der Waals surface area contributed by atoms with Gasteiger partial charge in [0.05, 0.1) is 0 Å². The molecule has 1 nitrogen and oxygen atoms in total. The number of fused-ring (bicyclic) bond motifs is 1. The molecule has 2 saturated carbocycles. The number of ketones is 1. The van der Waals surface area contributed by atoms with Gasteiger partial charge in [-0.15, -0.1) is 0 Å². The van der Waals surface area contributed by atoms with Crippen LogP contribution in [-0.2, 0) is 4.79 Å². The topological polar surface area (TPSA) is 17.1 Å². The zero-order valence-corrected chi connectivity index (χ0v) is 7.39. The lowest BCUT2D eigenvalue weighted by Crippen LogP contribution is -2.23. The Hall–Kier alpha value is -0.330. The lowest BCUT2D eigenvalue weighted by atomic mass is 9.76. The first kappa shape index (κ1) is 7.33. The van der Waals surface area contributed by atoms with E-state index in [1.807, 2.05) is 0 Å². The minimum Gasteiger partial charge on any atom is -0.299 e. The average Bonchev–Trinajstić information content (AvgIpc) is 2.39. The molecule has 0 aromatic heterocycles. The van der Waals surface area contributed by atoms with Gasteiger partial charge in [-0.1, -0.05) is 20.3 Å². The molecule has 0 spiro atoms. The molecule has 3 atom stereocenters. The third kappa shape index (κ3) is 0.800. The summed E-state index contributed by atoms with van der Waals surface area (Å²) in [6, 6.07) is 0. The van der Waals surface area contributed by atoms with Crippen molar-refractivity contribution >= 4 is 5.78 Å². The number of carbonyl (C=O) groups is 1. The van der Waals surface area contributed by atoms with Crippen molar-refractivity contribution in [1.82, 2.24) is 0 Å². The molecular formula is C10H16O. The predicted molar refractivity (Wildman–Crippen MR) is 44.2 cm³/mol. The highest BCUT2D eigenvalue weighted by Gasteiger charge is 2.51. The van der Waals surface area contributed by atoms with E-state index in [0.717, 1.165) is 12.3 Å². The molecule has 0 aromatic carbocycles. The molecule has 1 heteroatoms. The highest BCUT2D eigenvalue weighted by atomic mass is 16.1. The van der Waals surface area contributed by atoms with Crippen molar-refractivity contribution < 1.29 is 4.79 Å². The summed E-state index contributed by atoms with van der Waals surface area (Å²) in [5.74, 6) is 1.58. The minimum atomic E-state index is 0.343. The Morgan fingerprint density at radius 3 is 2.91 bits per heavy atom. The summed E-state index contributed by atoms with van der Waals surface area (Å²) < 4.78 is 0. The maximum absolute atomic E-state index is 11.4. The Kier molecular flexibility index (Phi) is 1.39. The fraction of sp³-hybridized carbons (Fsp3) is 0.900. The third-order valence-electron chi connectivity index (χ3n) is 4.12. The molecule has 3 unspecified atom stereocenters. The van der Waals surface area contributed by atoms with E-state index in [1.165, 1.54) is 19.3 Å². The molecule has 0 aliphatic heterocycles. The smallest absolute Gasteiger partial charge is 0.136 e. The zero-order chi connectivity index (χ0) is 8.06. The largest absolute Gasteiger partial charge is 0.299 e. The van der Waals surface area contributed by atoms with E-state index < -0.39 is 0 Å². The van der Waals surface area contributed by atoms with Crippen molar-refractivity contribution in [1.29, 1.82) is 0 Å². The van der Waals surface area contributed by atoms with Crippen LogP contribution in [0.3, 0.4) is 0 Å². The Bertz CT molecular complexity index is 197. The second-order valence-corrected chi connectivity index (χ2v) is 4.49. The van der Waals surface area contributed by atoms with Crippen LogP contribution in [0.2, 0.25) is 0 Å². The van der Waals surface area contributed by atoms with Gasteiger partial charge in [0.1, 0.15) is 5.78 Å². The maximum Gasteiger partial charge on any atom is 0.136 e. The van der Waals surface area contributed by atoms with Crippen molar-refractivity contribution in [3.63, 3.8) is 0 Å². The second-order valence-electron chi connectivity index (χ2n) is 4.49. The van der Waals surface area contributed by atoms with Crippen LogP contribution >= 0.6 is 0 Å². The summed E-state index contributed by atoms with van der Waals surface area (Å²) in [5, 5.41) is 0. The Labute approximate surface area is 68.2 Å². The van der Waals surface area contributed by atoms with E-state index in [9.17, 15) is 4.79 Å². The van der Waals surface area contributed by atoms with E-state index in [1.54, 1.807) is 0 Å². The number of carbonyl (C=O) groups excluding carboxylic acids is 1.